The Morgan fingerprint density at radius 1 is 1.08 bits per heavy atom. The van der Waals surface area contributed by atoms with E-state index >= 15 is 0 Å². The Kier molecular flexibility index (Phi) is 3.78. The van der Waals surface area contributed by atoms with Crippen LogP contribution in [0.4, 0.5) is 0 Å². The second kappa shape index (κ2) is 6.24. The van der Waals surface area contributed by atoms with Gasteiger partial charge in [0.2, 0.25) is 0 Å². The van der Waals surface area contributed by atoms with Crippen LogP contribution in [0.15, 0.2) is 93.8 Å². The summed E-state index contributed by atoms with van der Waals surface area (Å²) in [7, 11) is 0. The molecule has 1 aliphatic heterocycles. The number of benzene rings is 2. The topological polar surface area (TPSA) is 49.9 Å². The number of hydrogen-bond donors (Lipinski definition) is 1. The summed E-state index contributed by atoms with van der Waals surface area (Å²) in [6.45, 7) is 7.55. The monoisotopic (exact) mass is 327 g/mol. The van der Waals surface area contributed by atoms with Crippen LogP contribution in [0.2, 0.25) is 0 Å². The van der Waals surface area contributed by atoms with Crippen molar-refractivity contribution in [2.45, 2.75) is 6.17 Å². The lowest BCUT2D eigenvalue weighted by atomic mass is 10.1. The van der Waals surface area contributed by atoms with Crippen LogP contribution < -0.4 is 5.32 Å². The highest BCUT2D eigenvalue weighted by molar-refractivity contribution is 6.10. The van der Waals surface area contributed by atoms with Gasteiger partial charge in [0.05, 0.1) is 6.34 Å². The lowest BCUT2D eigenvalue weighted by Crippen LogP contribution is -2.30. The Morgan fingerprint density at radius 2 is 1.92 bits per heavy atom. The number of allylic oxidation sites excluding steroid dienone is 2. The fourth-order valence-corrected chi connectivity index (χ4v) is 2.95. The maximum atomic E-state index is 5.96. The van der Waals surface area contributed by atoms with Crippen LogP contribution in [0.3, 0.4) is 0 Å². The summed E-state index contributed by atoms with van der Waals surface area (Å²) < 4.78 is 5.96. The highest BCUT2D eigenvalue weighted by atomic mass is 16.3. The zero-order valence-corrected chi connectivity index (χ0v) is 13.6. The third-order valence-corrected chi connectivity index (χ3v) is 4.16. The van der Waals surface area contributed by atoms with Crippen LogP contribution in [0.25, 0.3) is 21.9 Å². The molecule has 25 heavy (non-hydrogen) atoms. The van der Waals surface area contributed by atoms with E-state index in [9.17, 15) is 0 Å². The Bertz CT molecular complexity index is 1070. The van der Waals surface area contributed by atoms with Gasteiger partial charge in [-0.2, -0.15) is 0 Å². The quantitative estimate of drug-likeness (QED) is 0.713. The van der Waals surface area contributed by atoms with Gasteiger partial charge in [-0.3, -0.25) is 0 Å². The third-order valence-electron chi connectivity index (χ3n) is 4.16. The molecule has 3 aromatic rings. The average molecular weight is 327 g/mol. The molecule has 1 unspecified atom stereocenters. The van der Waals surface area contributed by atoms with E-state index in [0.717, 1.165) is 38.9 Å². The summed E-state index contributed by atoms with van der Waals surface area (Å²) in [6, 6.07) is 14.1. The first-order chi connectivity index (χ1) is 12.3. The first-order valence-corrected chi connectivity index (χ1v) is 8.03. The minimum atomic E-state index is -0.321. The summed E-state index contributed by atoms with van der Waals surface area (Å²) in [5.41, 5.74) is 3.57. The van der Waals surface area contributed by atoms with Crippen molar-refractivity contribution in [2.24, 2.45) is 9.98 Å². The van der Waals surface area contributed by atoms with Crippen LogP contribution in [0.1, 0.15) is 5.56 Å². The number of furan rings is 1. The zero-order chi connectivity index (χ0) is 17.2. The molecular formula is C21H17N3O. The maximum absolute atomic E-state index is 5.96. The van der Waals surface area contributed by atoms with Crippen LogP contribution in [0.5, 0.6) is 0 Å². The molecule has 122 valence electrons. The van der Waals surface area contributed by atoms with Crippen molar-refractivity contribution in [2.75, 3.05) is 0 Å². The highest BCUT2D eigenvalue weighted by Gasteiger charge is 2.16. The van der Waals surface area contributed by atoms with Gasteiger partial charge in [-0.05, 0) is 23.8 Å². The molecule has 0 saturated heterocycles. The number of hydrogen-bond acceptors (Lipinski definition) is 4. The number of amidine groups is 1. The van der Waals surface area contributed by atoms with Crippen LogP contribution in [-0.2, 0) is 0 Å². The largest absolute Gasteiger partial charge is 0.456 e. The van der Waals surface area contributed by atoms with Gasteiger partial charge in [0.25, 0.3) is 0 Å². The summed E-state index contributed by atoms with van der Waals surface area (Å²) in [5, 5.41) is 5.33. The van der Waals surface area contributed by atoms with E-state index in [4.69, 9.17) is 4.42 Å². The first-order valence-electron chi connectivity index (χ1n) is 8.03. The molecule has 0 spiro atoms. The van der Waals surface area contributed by atoms with Gasteiger partial charge in [-0.25, -0.2) is 9.98 Å². The molecule has 4 nitrogen and oxygen atoms in total. The van der Waals surface area contributed by atoms with E-state index in [2.05, 4.69) is 40.6 Å². The number of nitrogens with zero attached hydrogens (tertiary/aromatic N) is 2. The van der Waals surface area contributed by atoms with Crippen LogP contribution >= 0.6 is 0 Å². The molecule has 4 rings (SSSR count). The van der Waals surface area contributed by atoms with Crippen molar-refractivity contribution >= 4 is 34.1 Å². The number of rotatable bonds is 4. The number of aliphatic imine (C=N–C) groups is 2. The SMILES string of the molecule is C=C/C=C(\C=C)C1N=CNC(c2ccc3c(c2)oc2ccccc23)=N1. The van der Waals surface area contributed by atoms with Crippen LogP contribution in [-0.4, -0.2) is 18.3 Å². The normalized spacial score (nSPS) is 17.4. The lowest BCUT2D eigenvalue weighted by Gasteiger charge is -2.17. The number of fused-ring (bicyclic) bond motifs is 3. The molecule has 0 bridgehead atoms. The summed E-state index contributed by atoms with van der Waals surface area (Å²) in [4.78, 5) is 9.04. The summed E-state index contributed by atoms with van der Waals surface area (Å²) in [5.74, 6) is 0.749. The Labute approximate surface area is 145 Å². The second-order valence-electron chi connectivity index (χ2n) is 5.69. The van der Waals surface area contributed by atoms with Crippen molar-refractivity contribution < 1.29 is 4.42 Å². The lowest BCUT2D eigenvalue weighted by molar-refractivity contribution is 0.669. The van der Waals surface area contributed by atoms with Gasteiger partial charge in [0.1, 0.15) is 17.0 Å². The van der Waals surface area contributed by atoms with Crippen molar-refractivity contribution in [1.29, 1.82) is 0 Å². The van der Waals surface area contributed by atoms with Crippen molar-refractivity contribution in [1.82, 2.24) is 5.32 Å². The number of para-hydroxylation sites is 1. The van der Waals surface area contributed by atoms with Crippen molar-refractivity contribution in [3.8, 4) is 0 Å². The molecule has 1 N–H and O–H groups in total. The minimum absolute atomic E-state index is 0.321. The molecule has 0 amide bonds. The highest BCUT2D eigenvalue weighted by Crippen LogP contribution is 2.29. The zero-order valence-electron chi connectivity index (χ0n) is 13.6. The molecular weight excluding hydrogens is 310 g/mol. The Hall–Kier alpha value is -3.40. The van der Waals surface area contributed by atoms with Gasteiger partial charge in [-0.15, -0.1) is 0 Å². The molecule has 0 fully saturated rings. The minimum Gasteiger partial charge on any atom is -0.456 e. The molecule has 2 heterocycles. The van der Waals surface area contributed by atoms with E-state index in [1.165, 1.54) is 0 Å². The third kappa shape index (κ3) is 2.68. The average Bonchev–Trinajstić information content (AvgIpc) is 3.04. The summed E-state index contributed by atoms with van der Waals surface area (Å²) in [6.07, 6.45) is 6.67. The van der Waals surface area contributed by atoms with E-state index in [1.54, 1.807) is 18.5 Å². The molecule has 0 aliphatic carbocycles. The van der Waals surface area contributed by atoms with Gasteiger partial charge >= 0.3 is 0 Å². The van der Waals surface area contributed by atoms with Crippen molar-refractivity contribution in [3.05, 3.63) is 85.0 Å². The maximum Gasteiger partial charge on any atom is 0.169 e. The Balaban J connectivity index is 1.77. The first kappa shape index (κ1) is 15.1. The predicted octanol–water partition coefficient (Wildman–Crippen LogP) is 4.59. The molecule has 1 aromatic heterocycles. The predicted molar refractivity (Wildman–Crippen MR) is 104 cm³/mol. The van der Waals surface area contributed by atoms with Gasteiger partial charge < -0.3 is 9.73 Å². The molecule has 1 aliphatic rings. The van der Waals surface area contributed by atoms with E-state index in [1.807, 2.05) is 36.4 Å². The van der Waals surface area contributed by atoms with E-state index < -0.39 is 0 Å². The van der Waals surface area contributed by atoms with E-state index in [-0.39, 0.29) is 6.17 Å². The van der Waals surface area contributed by atoms with Crippen molar-refractivity contribution in [3.63, 3.8) is 0 Å². The summed E-state index contributed by atoms with van der Waals surface area (Å²) >= 11 is 0. The molecule has 0 radical (unpaired) electrons. The standard InChI is InChI=1S/C21H17N3O/c1-3-7-14(4-2)20-22-13-23-21(24-20)15-10-11-17-16-8-5-6-9-18(16)25-19(17)12-15/h3-13,20H,1-2H2,(H,22,23,24)/b14-7+. The fourth-order valence-electron chi connectivity index (χ4n) is 2.95. The Morgan fingerprint density at radius 3 is 2.76 bits per heavy atom. The molecule has 1 atom stereocenters. The fraction of sp³-hybridized carbons (Fsp3) is 0.0476. The number of nitrogens with one attached hydrogen (secondary N) is 1. The van der Waals surface area contributed by atoms with Gasteiger partial charge in [0.15, 0.2) is 6.17 Å². The molecule has 0 saturated carbocycles. The van der Waals surface area contributed by atoms with E-state index in [0.29, 0.717) is 0 Å². The molecule has 4 heteroatoms. The molecule has 2 aromatic carbocycles. The van der Waals surface area contributed by atoms with Gasteiger partial charge in [0, 0.05) is 16.3 Å². The second-order valence-corrected chi connectivity index (χ2v) is 5.69. The smallest absolute Gasteiger partial charge is 0.169 e. The van der Waals surface area contributed by atoms with Gasteiger partial charge in [-0.1, -0.05) is 55.7 Å². The van der Waals surface area contributed by atoms with Crippen LogP contribution in [0, 0.1) is 0 Å².